The molecule has 2 aromatic rings. The van der Waals surface area contributed by atoms with E-state index in [4.69, 9.17) is 17.3 Å². The van der Waals surface area contributed by atoms with Crippen LogP contribution in [0.2, 0.25) is 5.02 Å². The predicted molar refractivity (Wildman–Crippen MR) is 74.1 cm³/mol. The number of nitrogens with zero attached hydrogens (tertiary/aromatic N) is 1. The zero-order valence-electron chi connectivity index (χ0n) is 10.6. The van der Waals surface area contributed by atoms with Gasteiger partial charge in [-0.15, -0.1) is 0 Å². The number of rotatable bonds is 4. The number of H-pyrrole nitrogens is 1. The number of carbonyl (C=O) groups is 1. The number of hydrogen-bond donors (Lipinski definition) is 3. The SMILES string of the molecule is Cc1[nH]nc(C(N)=O)c1NS(=O)(=O)c1cc(F)ccc1Cl. The Kier molecular flexibility index (Phi) is 3.88. The molecule has 1 heterocycles. The number of hydrogen-bond acceptors (Lipinski definition) is 4. The largest absolute Gasteiger partial charge is 0.364 e. The Balaban J connectivity index is 2.50. The fourth-order valence-corrected chi connectivity index (χ4v) is 3.25. The molecule has 0 aliphatic heterocycles. The van der Waals surface area contributed by atoms with Gasteiger partial charge in [0, 0.05) is 0 Å². The number of nitrogens with two attached hydrogens (primary N) is 1. The highest BCUT2D eigenvalue weighted by molar-refractivity contribution is 7.92. The monoisotopic (exact) mass is 332 g/mol. The molecule has 0 unspecified atom stereocenters. The van der Waals surface area contributed by atoms with E-state index in [0.717, 1.165) is 18.2 Å². The normalized spacial score (nSPS) is 11.4. The molecule has 0 saturated carbocycles. The van der Waals surface area contributed by atoms with Gasteiger partial charge in [-0.25, -0.2) is 12.8 Å². The molecule has 0 aliphatic rings. The van der Waals surface area contributed by atoms with Gasteiger partial charge in [-0.05, 0) is 25.1 Å². The first-order chi connectivity index (χ1) is 9.72. The van der Waals surface area contributed by atoms with Crippen LogP contribution >= 0.6 is 11.6 Å². The third-order valence-corrected chi connectivity index (χ3v) is 4.43. The number of aromatic nitrogens is 2. The highest BCUT2D eigenvalue weighted by Crippen LogP contribution is 2.26. The molecule has 0 bridgehead atoms. The van der Waals surface area contributed by atoms with Gasteiger partial charge in [-0.3, -0.25) is 14.6 Å². The second kappa shape index (κ2) is 5.34. The second-order valence-corrected chi connectivity index (χ2v) is 6.17. The summed E-state index contributed by atoms with van der Waals surface area (Å²) >= 11 is 5.76. The van der Waals surface area contributed by atoms with Gasteiger partial charge in [0.05, 0.1) is 10.7 Å². The number of amides is 1. The van der Waals surface area contributed by atoms with Crippen molar-refractivity contribution in [2.24, 2.45) is 5.73 Å². The van der Waals surface area contributed by atoms with Crippen LogP contribution in [0.4, 0.5) is 10.1 Å². The highest BCUT2D eigenvalue weighted by Gasteiger charge is 2.24. The van der Waals surface area contributed by atoms with Gasteiger partial charge in [0.25, 0.3) is 15.9 Å². The fourth-order valence-electron chi connectivity index (χ4n) is 1.60. The molecule has 7 nitrogen and oxygen atoms in total. The van der Waals surface area contributed by atoms with Crippen LogP contribution < -0.4 is 10.5 Å². The molecule has 0 atom stereocenters. The Morgan fingerprint density at radius 1 is 1.48 bits per heavy atom. The van der Waals surface area contributed by atoms with E-state index in [9.17, 15) is 17.6 Å². The first kappa shape index (κ1) is 15.3. The molecule has 10 heteroatoms. The van der Waals surface area contributed by atoms with Crippen molar-refractivity contribution >= 4 is 33.2 Å². The van der Waals surface area contributed by atoms with Crippen molar-refractivity contribution in [3.05, 3.63) is 40.4 Å². The maximum Gasteiger partial charge on any atom is 0.271 e. The summed E-state index contributed by atoms with van der Waals surface area (Å²) in [7, 11) is -4.20. The molecular formula is C11H10ClFN4O3S. The minimum atomic E-state index is -4.20. The van der Waals surface area contributed by atoms with Crippen molar-refractivity contribution < 1.29 is 17.6 Å². The number of halogens is 2. The molecule has 0 aliphatic carbocycles. The minimum absolute atomic E-state index is 0.108. The lowest BCUT2D eigenvalue weighted by atomic mass is 10.3. The number of aromatic amines is 1. The predicted octanol–water partition coefficient (Wildman–Crippen LogP) is 1.41. The lowest BCUT2D eigenvalue weighted by molar-refractivity contribution is 0.0996. The summed E-state index contributed by atoms with van der Waals surface area (Å²) in [6, 6.07) is 2.91. The summed E-state index contributed by atoms with van der Waals surface area (Å²) in [5.74, 6) is -1.68. The van der Waals surface area contributed by atoms with Crippen molar-refractivity contribution in [2.45, 2.75) is 11.8 Å². The van der Waals surface area contributed by atoms with E-state index >= 15 is 0 Å². The number of nitrogens with one attached hydrogen (secondary N) is 2. The first-order valence-electron chi connectivity index (χ1n) is 5.55. The molecule has 1 amide bonds. The van der Waals surface area contributed by atoms with Gasteiger partial charge in [0.2, 0.25) is 0 Å². The van der Waals surface area contributed by atoms with E-state index in [1.54, 1.807) is 0 Å². The molecule has 0 radical (unpaired) electrons. The molecular weight excluding hydrogens is 323 g/mol. The van der Waals surface area contributed by atoms with Gasteiger partial charge in [0.1, 0.15) is 16.4 Å². The Bertz CT molecular complexity index is 819. The van der Waals surface area contributed by atoms with Gasteiger partial charge >= 0.3 is 0 Å². The highest BCUT2D eigenvalue weighted by atomic mass is 35.5. The summed E-state index contributed by atoms with van der Waals surface area (Å²) < 4.78 is 39.8. The van der Waals surface area contributed by atoms with Crippen molar-refractivity contribution in [2.75, 3.05) is 4.72 Å². The Labute approximate surface area is 124 Å². The third-order valence-electron chi connectivity index (χ3n) is 2.60. The zero-order valence-corrected chi connectivity index (χ0v) is 12.2. The summed E-state index contributed by atoms with van der Waals surface area (Å²) in [6.45, 7) is 1.49. The van der Waals surface area contributed by atoms with Crippen LogP contribution in [0.5, 0.6) is 0 Å². The van der Waals surface area contributed by atoms with Crippen LogP contribution in [0, 0.1) is 12.7 Å². The number of primary amides is 1. The minimum Gasteiger partial charge on any atom is -0.364 e. The lowest BCUT2D eigenvalue weighted by Gasteiger charge is -2.09. The maximum atomic E-state index is 13.2. The van der Waals surface area contributed by atoms with E-state index in [0.29, 0.717) is 0 Å². The van der Waals surface area contributed by atoms with Crippen LogP contribution in [-0.2, 0) is 10.0 Å². The third kappa shape index (κ3) is 2.98. The van der Waals surface area contributed by atoms with E-state index in [2.05, 4.69) is 14.9 Å². The summed E-state index contributed by atoms with van der Waals surface area (Å²) in [4.78, 5) is 10.7. The van der Waals surface area contributed by atoms with Gasteiger partial charge in [0.15, 0.2) is 5.69 Å². The standard InChI is InChI=1S/C11H10ClFN4O3S/c1-5-9(10(11(14)18)16-15-5)17-21(19,20)8-4-6(13)2-3-7(8)12/h2-4,17H,1H3,(H2,14,18)(H,15,16). The zero-order chi connectivity index (χ0) is 15.8. The second-order valence-electron chi connectivity index (χ2n) is 4.12. The van der Waals surface area contributed by atoms with Crippen molar-refractivity contribution in [1.29, 1.82) is 0 Å². The van der Waals surface area contributed by atoms with Crippen LogP contribution in [0.15, 0.2) is 23.1 Å². The van der Waals surface area contributed by atoms with Crippen LogP contribution in [0.3, 0.4) is 0 Å². The first-order valence-corrected chi connectivity index (χ1v) is 7.41. The van der Waals surface area contributed by atoms with E-state index in [-0.39, 0.29) is 22.1 Å². The molecule has 1 aromatic carbocycles. The maximum absolute atomic E-state index is 13.2. The number of anilines is 1. The Hall–Kier alpha value is -2.13. The van der Waals surface area contributed by atoms with Gasteiger partial charge in [-0.2, -0.15) is 5.10 Å². The molecule has 0 fully saturated rings. The van der Waals surface area contributed by atoms with E-state index in [1.807, 2.05) is 0 Å². The molecule has 2 rings (SSSR count). The fraction of sp³-hybridized carbons (Fsp3) is 0.0909. The van der Waals surface area contributed by atoms with Crippen LogP contribution in [-0.4, -0.2) is 24.5 Å². The molecule has 21 heavy (non-hydrogen) atoms. The molecule has 4 N–H and O–H groups in total. The topological polar surface area (TPSA) is 118 Å². The summed E-state index contributed by atoms with van der Waals surface area (Å²) in [6.07, 6.45) is 0. The summed E-state index contributed by atoms with van der Waals surface area (Å²) in [5.41, 5.74) is 4.99. The number of carbonyl (C=O) groups excluding carboxylic acids is 1. The molecule has 1 aromatic heterocycles. The molecule has 0 spiro atoms. The quantitative estimate of drug-likeness (QED) is 0.784. The Morgan fingerprint density at radius 3 is 2.76 bits per heavy atom. The number of aryl methyl sites for hydroxylation is 1. The summed E-state index contributed by atoms with van der Waals surface area (Å²) in [5, 5.41) is 5.87. The lowest BCUT2D eigenvalue weighted by Crippen LogP contribution is -2.19. The molecule has 0 saturated heterocycles. The van der Waals surface area contributed by atoms with Crippen LogP contribution in [0.1, 0.15) is 16.2 Å². The number of benzene rings is 1. The number of sulfonamides is 1. The smallest absolute Gasteiger partial charge is 0.271 e. The van der Waals surface area contributed by atoms with Crippen LogP contribution in [0.25, 0.3) is 0 Å². The average molecular weight is 333 g/mol. The van der Waals surface area contributed by atoms with Gasteiger partial charge in [-0.1, -0.05) is 11.6 Å². The van der Waals surface area contributed by atoms with Gasteiger partial charge < -0.3 is 5.73 Å². The van der Waals surface area contributed by atoms with Crippen molar-refractivity contribution in [3.63, 3.8) is 0 Å². The van der Waals surface area contributed by atoms with E-state index in [1.165, 1.54) is 6.92 Å². The Morgan fingerprint density at radius 2 is 2.14 bits per heavy atom. The van der Waals surface area contributed by atoms with E-state index < -0.39 is 26.6 Å². The van der Waals surface area contributed by atoms with Crippen molar-refractivity contribution in [3.8, 4) is 0 Å². The average Bonchev–Trinajstić information content (AvgIpc) is 2.73. The van der Waals surface area contributed by atoms with Crippen molar-refractivity contribution in [1.82, 2.24) is 10.2 Å². The molecule has 112 valence electrons.